The molecular formula is C15H16BrClN2OS. The average molecular weight is 388 g/mol. The Balaban J connectivity index is 2.05. The van der Waals surface area contributed by atoms with E-state index in [0.29, 0.717) is 17.1 Å². The summed E-state index contributed by atoms with van der Waals surface area (Å²) in [7, 11) is 4.00. The lowest BCUT2D eigenvalue weighted by Crippen LogP contribution is -2.34. The fourth-order valence-electron chi connectivity index (χ4n) is 2.02. The second-order valence-corrected chi connectivity index (χ2v) is 6.97. The van der Waals surface area contributed by atoms with Gasteiger partial charge >= 0.3 is 0 Å². The van der Waals surface area contributed by atoms with E-state index in [-0.39, 0.29) is 11.9 Å². The van der Waals surface area contributed by atoms with Crippen LogP contribution in [0.15, 0.2) is 39.5 Å². The van der Waals surface area contributed by atoms with Crippen molar-refractivity contribution < 1.29 is 4.79 Å². The van der Waals surface area contributed by atoms with E-state index < -0.39 is 0 Å². The lowest BCUT2D eigenvalue weighted by Gasteiger charge is -2.24. The number of amides is 1. The van der Waals surface area contributed by atoms with Gasteiger partial charge in [-0.3, -0.25) is 4.79 Å². The van der Waals surface area contributed by atoms with Crippen LogP contribution >= 0.6 is 38.9 Å². The highest BCUT2D eigenvalue weighted by Crippen LogP contribution is 2.23. The minimum absolute atomic E-state index is 0.148. The number of halogens is 2. The number of benzene rings is 1. The monoisotopic (exact) mass is 386 g/mol. The number of thiophene rings is 1. The summed E-state index contributed by atoms with van der Waals surface area (Å²) in [6.07, 6.45) is 0. The molecule has 0 aliphatic carbocycles. The molecule has 6 heteroatoms. The van der Waals surface area contributed by atoms with Gasteiger partial charge in [0.1, 0.15) is 0 Å². The molecule has 0 fully saturated rings. The zero-order valence-electron chi connectivity index (χ0n) is 11.8. The van der Waals surface area contributed by atoms with Crippen molar-refractivity contribution in [1.82, 2.24) is 10.2 Å². The molecule has 1 N–H and O–H groups in total. The molecule has 0 aliphatic rings. The lowest BCUT2D eigenvalue weighted by molar-refractivity contribution is 0.0942. The molecule has 3 nitrogen and oxygen atoms in total. The van der Waals surface area contributed by atoms with Crippen LogP contribution in [0.1, 0.15) is 22.0 Å². The third kappa shape index (κ3) is 4.30. The Bertz CT molecular complexity index is 616. The maximum absolute atomic E-state index is 12.2. The molecule has 0 saturated heterocycles. The number of rotatable bonds is 5. The zero-order valence-corrected chi connectivity index (χ0v) is 14.9. The van der Waals surface area contributed by atoms with Crippen LogP contribution in [0.4, 0.5) is 0 Å². The van der Waals surface area contributed by atoms with E-state index in [0.717, 1.165) is 4.47 Å². The van der Waals surface area contributed by atoms with E-state index in [2.05, 4.69) is 37.6 Å². The Labute approximate surface area is 142 Å². The van der Waals surface area contributed by atoms with Crippen LogP contribution < -0.4 is 5.32 Å². The number of likely N-dealkylation sites (N-methyl/N-ethyl adjacent to an activating group) is 1. The smallest absolute Gasteiger partial charge is 0.252 e. The summed E-state index contributed by atoms with van der Waals surface area (Å²) in [6.45, 7) is 0.537. The molecule has 1 aromatic carbocycles. The summed E-state index contributed by atoms with van der Waals surface area (Å²) in [5, 5.41) is 7.54. The maximum Gasteiger partial charge on any atom is 0.252 e. The van der Waals surface area contributed by atoms with Crippen LogP contribution in [0.5, 0.6) is 0 Å². The van der Waals surface area contributed by atoms with Gasteiger partial charge in [-0.15, -0.1) is 0 Å². The van der Waals surface area contributed by atoms with Crippen molar-refractivity contribution in [2.24, 2.45) is 0 Å². The molecule has 1 heterocycles. The van der Waals surface area contributed by atoms with E-state index >= 15 is 0 Å². The normalized spacial score (nSPS) is 12.4. The summed E-state index contributed by atoms with van der Waals surface area (Å²) in [5.41, 5.74) is 1.69. The number of carbonyl (C=O) groups excluding carboxylic acids is 1. The maximum atomic E-state index is 12.2. The molecule has 1 aromatic heterocycles. The molecular weight excluding hydrogens is 372 g/mol. The Morgan fingerprint density at radius 2 is 2.19 bits per heavy atom. The van der Waals surface area contributed by atoms with Gasteiger partial charge < -0.3 is 10.2 Å². The number of carbonyl (C=O) groups is 1. The van der Waals surface area contributed by atoms with Gasteiger partial charge in [0, 0.05) is 11.0 Å². The summed E-state index contributed by atoms with van der Waals surface area (Å²) in [6, 6.07) is 7.47. The number of hydrogen-bond acceptors (Lipinski definition) is 3. The molecule has 0 radical (unpaired) electrons. The van der Waals surface area contributed by atoms with Gasteiger partial charge in [0.05, 0.1) is 16.6 Å². The fourth-order valence-corrected chi connectivity index (χ4v) is 3.49. The van der Waals surface area contributed by atoms with Gasteiger partial charge in [-0.1, -0.05) is 27.5 Å². The minimum Gasteiger partial charge on any atom is -0.350 e. The molecule has 21 heavy (non-hydrogen) atoms. The van der Waals surface area contributed by atoms with E-state index in [1.807, 2.05) is 25.5 Å². The van der Waals surface area contributed by atoms with Gasteiger partial charge in [0.25, 0.3) is 5.91 Å². The Morgan fingerprint density at radius 1 is 1.43 bits per heavy atom. The first-order valence-corrected chi connectivity index (χ1v) is 8.52. The topological polar surface area (TPSA) is 32.3 Å². The SMILES string of the molecule is CN(C)C(CNC(=O)c1ccc(Br)cc1Cl)c1ccsc1. The highest BCUT2D eigenvalue weighted by atomic mass is 79.9. The van der Waals surface area contributed by atoms with Gasteiger partial charge in [0.15, 0.2) is 0 Å². The van der Waals surface area contributed by atoms with Crippen LogP contribution in [-0.4, -0.2) is 31.4 Å². The van der Waals surface area contributed by atoms with E-state index in [9.17, 15) is 4.79 Å². The summed E-state index contributed by atoms with van der Waals surface area (Å²) in [4.78, 5) is 14.3. The molecule has 0 saturated carbocycles. The van der Waals surface area contributed by atoms with Crippen molar-refractivity contribution in [1.29, 1.82) is 0 Å². The zero-order chi connectivity index (χ0) is 15.4. The van der Waals surface area contributed by atoms with Gasteiger partial charge in [-0.2, -0.15) is 11.3 Å². The first kappa shape index (κ1) is 16.5. The summed E-state index contributed by atoms with van der Waals surface area (Å²) >= 11 is 11.1. The van der Waals surface area contributed by atoms with Crippen LogP contribution in [0.2, 0.25) is 5.02 Å². The van der Waals surface area contributed by atoms with Crippen molar-refractivity contribution >= 4 is 44.8 Å². The predicted molar refractivity (Wildman–Crippen MR) is 92.2 cm³/mol. The second kappa shape index (κ2) is 7.40. The van der Waals surface area contributed by atoms with E-state index in [1.54, 1.807) is 23.5 Å². The predicted octanol–water partition coefficient (Wildman–Crippen LogP) is 4.20. The molecule has 2 rings (SSSR count). The van der Waals surface area contributed by atoms with Crippen molar-refractivity contribution in [2.45, 2.75) is 6.04 Å². The molecule has 0 bridgehead atoms. The highest BCUT2D eigenvalue weighted by molar-refractivity contribution is 9.10. The summed E-state index contributed by atoms with van der Waals surface area (Å²) < 4.78 is 0.855. The van der Waals surface area contributed by atoms with Crippen LogP contribution in [0, 0.1) is 0 Å². The first-order valence-electron chi connectivity index (χ1n) is 6.41. The number of nitrogens with one attached hydrogen (secondary N) is 1. The highest BCUT2D eigenvalue weighted by Gasteiger charge is 2.17. The van der Waals surface area contributed by atoms with Crippen LogP contribution in [0.3, 0.4) is 0 Å². The van der Waals surface area contributed by atoms with Gasteiger partial charge in [0.2, 0.25) is 0 Å². The molecule has 0 aliphatic heterocycles. The van der Waals surface area contributed by atoms with Crippen LogP contribution in [-0.2, 0) is 0 Å². The minimum atomic E-state index is -0.158. The van der Waals surface area contributed by atoms with Crippen molar-refractivity contribution in [3.63, 3.8) is 0 Å². The molecule has 0 spiro atoms. The Hall–Kier alpha value is -0.880. The Morgan fingerprint density at radius 3 is 2.76 bits per heavy atom. The summed E-state index contributed by atoms with van der Waals surface area (Å²) in [5.74, 6) is -0.158. The molecule has 1 amide bonds. The average Bonchev–Trinajstić information content (AvgIpc) is 2.92. The van der Waals surface area contributed by atoms with Crippen molar-refractivity contribution in [3.8, 4) is 0 Å². The van der Waals surface area contributed by atoms with Gasteiger partial charge in [-0.05, 0) is 54.7 Å². The lowest BCUT2D eigenvalue weighted by atomic mass is 10.1. The second-order valence-electron chi connectivity index (χ2n) is 4.87. The molecule has 2 aromatic rings. The third-order valence-corrected chi connectivity index (χ3v) is 4.69. The van der Waals surface area contributed by atoms with Crippen molar-refractivity contribution in [3.05, 3.63) is 55.6 Å². The third-order valence-electron chi connectivity index (χ3n) is 3.18. The largest absolute Gasteiger partial charge is 0.350 e. The number of hydrogen-bond donors (Lipinski definition) is 1. The molecule has 1 atom stereocenters. The van der Waals surface area contributed by atoms with Gasteiger partial charge in [-0.25, -0.2) is 0 Å². The van der Waals surface area contributed by atoms with Crippen molar-refractivity contribution in [2.75, 3.05) is 20.6 Å². The molecule has 1 unspecified atom stereocenters. The van der Waals surface area contributed by atoms with Crippen LogP contribution in [0.25, 0.3) is 0 Å². The standard InChI is InChI=1S/C15H16BrClN2OS/c1-19(2)14(10-5-6-21-9-10)8-18-15(20)12-4-3-11(16)7-13(12)17/h3-7,9,14H,8H2,1-2H3,(H,18,20). The number of nitrogens with zero attached hydrogens (tertiary/aromatic N) is 1. The molecule has 112 valence electrons. The first-order chi connectivity index (χ1) is 9.99. The Kier molecular flexibility index (Phi) is 5.81. The quantitative estimate of drug-likeness (QED) is 0.834. The van der Waals surface area contributed by atoms with E-state index in [4.69, 9.17) is 11.6 Å². The van der Waals surface area contributed by atoms with E-state index in [1.165, 1.54) is 5.56 Å². The fraction of sp³-hybridized carbons (Fsp3) is 0.267.